The molecular weight excluding hydrogens is 130 g/mol. The van der Waals surface area contributed by atoms with E-state index in [2.05, 4.69) is 0 Å². The Morgan fingerprint density at radius 2 is 2.50 bits per heavy atom. The second kappa shape index (κ2) is 2.23. The lowest BCUT2D eigenvalue weighted by Crippen LogP contribution is -2.35. The summed E-state index contributed by atoms with van der Waals surface area (Å²) in [5, 5.41) is 8.58. The van der Waals surface area contributed by atoms with Crippen LogP contribution in [0.2, 0.25) is 0 Å². The van der Waals surface area contributed by atoms with E-state index < -0.39 is 11.5 Å². The lowest BCUT2D eigenvalue weighted by atomic mass is 10.1. The highest BCUT2D eigenvalue weighted by Crippen LogP contribution is 2.44. The van der Waals surface area contributed by atoms with Gasteiger partial charge in [0.1, 0.15) is 5.54 Å². The zero-order chi connectivity index (χ0) is 7.78. The highest BCUT2D eigenvalue weighted by atomic mass is 16.4. The first-order valence-electron chi connectivity index (χ1n) is 3.63. The third-order valence-corrected chi connectivity index (χ3v) is 2.19. The van der Waals surface area contributed by atoms with Crippen LogP contribution in [-0.2, 0) is 4.79 Å². The van der Waals surface area contributed by atoms with E-state index in [0.717, 1.165) is 12.8 Å². The van der Waals surface area contributed by atoms with Crippen LogP contribution in [0.25, 0.3) is 0 Å². The highest BCUT2D eigenvalue weighted by Gasteiger charge is 2.56. The van der Waals surface area contributed by atoms with Gasteiger partial charge in [0.05, 0.1) is 0 Å². The molecule has 1 rings (SSSR count). The number of hydrogen-bond acceptors (Lipinski definition) is 2. The van der Waals surface area contributed by atoms with Gasteiger partial charge in [0.2, 0.25) is 0 Å². The molecule has 0 aromatic carbocycles. The van der Waals surface area contributed by atoms with Crippen LogP contribution in [-0.4, -0.2) is 16.6 Å². The Kier molecular flexibility index (Phi) is 1.68. The number of carboxylic acids is 1. The Hall–Kier alpha value is -0.570. The van der Waals surface area contributed by atoms with Crippen LogP contribution < -0.4 is 5.73 Å². The van der Waals surface area contributed by atoms with Gasteiger partial charge < -0.3 is 10.8 Å². The molecule has 0 spiro atoms. The van der Waals surface area contributed by atoms with Gasteiger partial charge in [-0.15, -0.1) is 0 Å². The standard InChI is InChI=1S/C7H13NO2/c1-2-3-5-4-7(5,8)6(9)10/h5H,2-4,8H2,1H3,(H,9,10)/t5-,7+/m1/s1. The van der Waals surface area contributed by atoms with Crippen molar-refractivity contribution in [3.05, 3.63) is 0 Å². The molecule has 10 heavy (non-hydrogen) atoms. The number of rotatable bonds is 3. The Morgan fingerprint density at radius 1 is 1.90 bits per heavy atom. The third kappa shape index (κ3) is 1.01. The normalized spacial score (nSPS) is 37.6. The van der Waals surface area contributed by atoms with Crippen LogP contribution in [0.15, 0.2) is 0 Å². The van der Waals surface area contributed by atoms with E-state index in [1.54, 1.807) is 0 Å². The van der Waals surface area contributed by atoms with Crippen molar-refractivity contribution < 1.29 is 9.90 Å². The number of nitrogens with two attached hydrogens (primary N) is 1. The topological polar surface area (TPSA) is 63.3 Å². The molecule has 2 atom stereocenters. The van der Waals surface area contributed by atoms with E-state index in [1.807, 2.05) is 6.92 Å². The molecule has 0 bridgehead atoms. The van der Waals surface area contributed by atoms with Crippen LogP contribution in [0, 0.1) is 5.92 Å². The SMILES string of the molecule is CCC[C@@H]1C[C@@]1(N)C(=O)O. The van der Waals surface area contributed by atoms with Crippen LogP contribution >= 0.6 is 0 Å². The average molecular weight is 143 g/mol. The van der Waals surface area contributed by atoms with Crippen LogP contribution in [0.5, 0.6) is 0 Å². The molecule has 0 aromatic heterocycles. The van der Waals surface area contributed by atoms with Gasteiger partial charge in [0.15, 0.2) is 0 Å². The molecular formula is C7H13NO2. The van der Waals surface area contributed by atoms with Gasteiger partial charge in [-0.2, -0.15) is 0 Å². The summed E-state index contributed by atoms with van der Waals surface area (Å²) in [6.45, 7) is 2.04. The molecule has 0 amide bonds. The summed E-state index contributed by atoms with van der Waals surface area (Å²) in [6.07, 6.45) is 2.63. The molecule has 58 valence electrons. The smallest absolute Gasteiger partial charge is 0.323 e. The van der Waals surface area contributed by atoms with Gasteiger partial charge >= 0.3 is 5.97 Å². The van der Waals surface area contributed by atoms with Crippen LogP contribution in [0.1, 0.15) is 26.2 Å². The summed E-state index contributed by atoms with van der Waals surface area (Å²) in [6, 6.07) is 0. The predicted molar refractivity (Wildman–Crippen MR) is 37.6 cm³/mol. The first-order chi connectivity index (χ1) is 4.61. The zero-order valence-corrected chi connectivity index (χ0v) is 6.13. The Bertz CT molecular complexity index is 158. The summed E-state index contributed by atoms with van der Waals surface area (Å²) >= 11 is 0. The minimum Gasteiger partial charge on any atom is -0.480 e. The quantitative estimate of drug-likeness (QED) is 0.607. The monoisotopic (exact) mass is 143 g/mol. The van der Waals surface area contributed by atoms with E-state index >= 15 is 0 Å². The van der Waals surface area contributed by atoms with E-state index in [0.29, 0.717) is 6.42 Å². The van der Waals surface area contributed by atoms with Gasteiger partial charge in [-0.05, 0) is 18.8 Å². The van der Waals surface area contributed by atoms with E-state index in [1.165, 1.54) is 0 Å². The largest absolute Gasteiger partial charge is 0.480 e. The highest BCUT2D eigenvalue weighted by molar-refractivity contribution is 5.82. The van der Waals surface area contributed by atoms with Crippen molar-refractivity contribution >= 4 is 5.97 Å². The molecule has 0 aliphatic heterocycles. The number of hydrogen-bond donors (Lipinski definition) is 2. The first-order valence-corrected chi connectivity index (χ1v) is 3.63. The zero-order valence-electron chi connectivity index (χ0n) is 6.13. The molecule has 0 aromatic rings. The van der Waals surface area contributed by atoms with Crippen molar-refractivity contribution in [3.8, 4) is 0 Å². The molecule has 3 N–H and O–H groups in total. The van der Waals surface area contributed by atoms with E-state index in [-0.39, 0.29) is 5.92 Å². The molecule has 1 fully saturated rings. The number of carboxylic acid groups (broad SMARTS) is 1. The second-order valence-corrected chi connectivity index (χ2v) is 3.04. The van der Waals surface area contributed by atoms with Crippen molar-refractivity contribution in [3.63, 3.8) is 0 Å². The van der Waals surface area contributed by atoms with Gasteiger partial charge in [-0.25, -0.2) is 0 Å². The van der Waals surface area contributed by atoms with Crippen molar-refractivity contribution in [2.75, 3.05) is 0 Å². The Balaban J connectivity index is 2.40. The summed E-state index contributed by atoms with van der Waals surface area (Å²) in [5.74, 6) is -0.610. The van der Waals surface area contributed by atoms with Gasteiger partial charge in [-0.3, -0.25) is 4.79 Å². The van der Waals surface area contributed by atoms with Crippen molar-refractivity contribution in [2.24, 2.45) is 11.7 Å². The lowest BCUT2D eigenvalue weighted by molar-refractivity contribution is -0.140. The summed E-state index contributed by atoms with van der Waals surface area (Å²) in [5.41, 5.74) is 4.66. The molecule has 0 saturated heterocycles. The van der Waals surface area contributed by atoms with E-state index in [4.69, 9.17) is 10.8 Å². The van der Waals surface area contributed by atoms with Crippen LogP contribution in [0.3, 0.4) is 0 Å². The predicted octanol–water partition coefficient (Wildman–Crippen LogP) is 0.588. The number of carbonyl (C=O) groups is 1. The maximum atomic E-state index is 10.4. The molecule has 3 heteroatoms. The molecule has 1 aliphatic carbocycles. The summed E-state index contributed by atoms with van der Waals surface area (Å²) in [7, 11) is 0. The molecule has 3 nitrogen and oxygen atoms in total. The summed E-state index contributed by atoms with van der Waals surface area (Å²) < 4.78 is 0. The van der Waals surface area contributed by atoms with Crippen LogP contribution in [0.4, 0.5) is 0 Å². The Morgan fingerprint density at radius 3 is 2.80 bits per heavy atom. The first kappa shape index (κ1) is 7.54. The maximum absolute atomic E-state index is 10.4. The van der Waals surface area contributed by atoms with Crippen molar-refractivity contribution in [1.82, 2.24) is 0 Å². The second-order valence-electron chi connectivity index (χ2n) is 3.04. The third-order valence-electron chi connectivity index (χ3n) is 2.19. The molecule has 0 radical (unpaired) electrons. The van der Waals surface area contributed by atoms with Gasteiger partial charge in [0, 0.05) is 0 Å². The fourth-order valence-electron chi connectivity index (χ4n) is 1.32. The molecule has 1 aliphatic rings. The van der Waals surface area contributed by atoms with E-state index in [9.17, 15) is 4.79 Å². The fourth-order valence-corrected chi connectivity index (χ4v) is 1.32. The molecule has 0 unspecified atom stereocenters. The minimum absolute atomic E-state index is 0.231. The molecule has 1 saturated carbocycles. The minimum atomic E-state index is -0.865. The van der Waals surface area contributed by atoms with Crippen molar-refractivity contribution in [2.45, 2.75) is 31.7 Å². The van der Waals surface area contributed by atoms with Gasteiger partial charge in [-0.1, -0.05) is 13.3 Å². The average Bonchev–Trinajstić information content (AvgIpc) is 2.45. The summed E-state index contributed by atoms with van der Waals surface area (Å²) in [4.78, 5) is 10.4. The lowest BCUT2D eigenvalue weighted by Gasteiger charge is -2.02. The number of aliphatic carboxylic acids is 1. The Labute approximate surface area is 60.2 Å². The van der Waals surface area contributed by atoms with Crippen molar-refractivity contribution in [1.29, 1.82) is 0 Å². The van der Waals surface area contributed by atoms with Gasteiger partial charge in [0.25, 0.3) is 0 Å². The fraction of sp³-hybridized carbons (Fsp3) is 0.857. The maximum Gasteiger partial charge on any atom is 0.323 e. The molecule has 0 heterocycles.